The van der Waals surface area contributed by atoms with Crippen LogP contribution in [0.1, 0.15) is 47.0 Å². The molecule has 0 nitrogen and oxygen atoms in total. The lowest BCUT2D eigenvalue weighted by molar-refractivity contribution is 0.442. The lowest BCUT2D eigenvalue weighted by Gasteiger charge is -2.23. The van der Waals surface area contributed by atoms with Crippen molar-refractivity contribution in [2.24, 2.45) is 5.92 Å². The van der Waals surface area contributed by atoms with Crippen LogP contribution in [0.15, 0.2) is 0 Å². The van der Waals surface area contributed by atoms with Gasteiger partial charge in [0.25, 0.3) is 0 Å². The number of alkyl halides is 1. The molecule has 0 rings (SSSR count). The van der Waals surface area contributed by atoms with E-state index in [-0.39, 0.29) is 4.87 Å². The quantitative estimate of drug-likeness (QED) is 0.552. The third kappa shape index (κ3) is 5.10. The fourth-order valence-corrected chi connectivity index (χ4v) is 1.97. The van der Waals surface area contributed by atoms with Crippen molar-refractivity contribution in [3.8, 4) is 0 Å². The van der Waals surface area contributed by atoms with E-state index < -0.39 is 0 Å². The maximum atomic E-state index is 6.23. The minimum atomic E-state index is 0.0446. The molecule has 0 aliphatic heterocycles. The zero-order valence-electron chi connectivity index (χ0n) is 7.58. The van der Waals surface area contributed by atoms with Crippen molar-refractivity contribution in [2.75, 3.05) is 0 Å². The Morgan fingerprint density at radius 1 is 1.40 bits per heavy atom. The zero-order chi connectivity index (χ0) is 8.20. The highest BCUT2D eigenvalue weighted by Gasteiger charge is 2.20. The molecule has 0 amide bonds. The maximum Gasteiger partial charge on any atom is 0.0421 e. The van der Waals surface area contributed by atoms with Crippen molar-refractivity contribution >= 4 is 11.6 Å². The van der Waals surface area contributed by atoms with Gasteiger partial charge in [-0.25, -0.2) is 0 Å². The van der Waals surface area contributed by atoms with Gasteiger partial charge in [0.1, 0.15) is 0 Å². The first-order chi connectivity index (χ1) is 4.48. The molecule has 0 aliphatic carbocycles. The molecular formula is C9H19Cl. The summed E-state index contributed by atoms with van der Waals surface area (Å²) in [7, 11) is 0. The second kappa shape index (κ2) is 4.23. The van der Waals surface area contributed by atoms with Crippen LogP contribution in [0.25, 0.3) is 0 Å². The Kier molecular flexibility index (Phi) is 4.35. The van der Waals surface area contributed by atoms with E-state index in [1.54, 1.807) is 0 Å². The van der Waals surface area contributed by atoms with Gasteiger partial charge in [-0.3, -0.25) is 0 Å². The lowest BCUT2D eigenvalue weighted by Crippen LogP contribution is -2.18. The molecule has 62 valence electrons. The van der Waals surface area contributed by atoms with Crippen LogP contribution in [-0.4, -0.2) is 4.87 Å². The minimum absolute atomic E-state index is 0.0446. The Morgan fingerprint density at radius 2 is 1.90 bits per heavy atom. The highest BCUT2D eigenvalue weighted by molar-refractivity contribution is 6.23. The van der Waals surface area contributed by atoms with E-state index in [9.17, 15) is 0 Å². The summed E-state index contributed by atoms with van der Waals surface area (Å²) >= 11 is 6.23. The van der Waals surface area contributed by atoms with Crippen LogP contribution >= 0.6 is 11.6 Å². The van der Waals surface area contributed by atoms with E-state index in [0.717, 1.165) is 12.8 Å². The topological polar surface area (TPSA) is 0 Å². The van der Waals surface area contributed by atoms with Crippen LogP contribution in [0.5, 0.6) is 0 Å². The van der Waals surface area contributed by atoms with E-state index in [4.69, 9.17) is 11.6 Å². The third-order valence-electron chi connectivity index (χ3n) is 1.61. The Balaban J connectivity index is 3.63. The summed E-state index contributed by atoms with van der Waals surface area (Å²) < 4.78 is 0. The summed E-state index contributed by atoms with van der Waals surface area (Å²) in [5.74, 6) is 0.717. The molecule has 0 bridgehead atoms. The average Bonchev–Trinajstić information content (AvgIpc) is 1.59. The van der Waals surface area contributed by atoms with Gasteiger partial charge in [0.2, 0.25) is 0 Å². The monoisotopic (exact) mass is 162 g/mol. The molecule has 10 heavy (non-hydrogen) atoms. The van der Waals surface area contributed by atoms with E-state index in [1.165, 1.54) is 6.42 Å². The SMILES string of the molecule is CCCC(C)(Cl)CC(C)C. The maximum absolute atomic E-state index is 6.23. The van der Waals surface area contributed by atoms with Gasteiger partial charge in [-0.15, -0.1) is 11.6 Å². The normalized spacial score (nSPS) is 17.4. The number of hydrogen-bond acceptors (Lipinski definition) is 0. The molecule has 0 fully saturated rings. The van der Waals surface area contributed by atoms with Gasteiger partial charge >= 0.3 is 0 Å². The second-order valence-corrected chi connectivity index (χ2v) is 4.67. The highest BCUT2D eigenvalue weighted by Crippen LogP contribution is 2.28. The molecule has 0 saturated carbocycles. The van der Waals surface area contributed by atoms with Crippen molar-refractivity contribution in [1.82, 2.24) is 0 Å². The summed E-state index contributed by atoms with van der Waals surface area (Å²) in [6.45, 7) is 8.76. The third-order valence-corrected chi connectivity index (χ3v) is 1.95. The predicted molar refractivity (Wildman–Crippen MR) is 48.6 cm³/mol. The molecule has 0 radical (unpaired) electrons. The molecule has 0 saturated heterocycles. The first-order valence-corrected chi connectivity index (χ1v) is 4.54. The van der Waals surface area contributed by atoms with E-state index in [1.807, 2.05) is 0 Å². The molecule has 0 aromatic carbocycles. The van der Waals surface area contributed by atoms with E-state index in [0.29, 0.717) is 5.92 Å². The minimum Gasteiger partial charge on any atom is -0.120 e. The van der Waals surface area contributed by atoms with Gasteiger partial charge in [-0.05, 0) is 25.7 Å². The predicted octanol–water partition coefficient (Wildman–Crippen LogP) is 3.83. The lowest BCUT2D eigenvalue weighted by atomic mass is 9.94. The van der Waals surface area contributed by atoms with Gasteiger partial charge in [0, 0.05) is 4.87 Å². The van der Waals surface area contributed by atoms with E-state index in [2.05, 4.69) is 27.7 Å². The number of hydrogen-bond donors (Lipinski definition) is 0. The summed E-state index contributed by atoms with van der Waals surface area (Å²) in [5.41, 5.74) is 0. The average molecular weight is 163 g/mol. The van der Waals surface area contributed by atoms with Gasteiger partial charge in [0.05, 0.1) is 0 Å². The van der Waals surface area contributed by atoms with Gasteiger partial charge in [-0.1, -0.05) is 27.2 Å². The summed E-state index contributed by atoms with van der Waals surface area (Å²) in [6, 6.07) is 0. The van der Waals surface area contributed by atoms with Crippen molar-refractivity contribution < 1.29 is 0 Å². The summed E-state index contributed by atoms with van der Waals surface area (Å²) in [6.07, 6.45) is 3.45. The Labute approximate surface area is 70.0 Å². The summed E-state index contributed by atoms with van der Waals surface area (Å²) in [4.78, 5) is 0.0446. The largest absolute Gasteiger partial charge is 0.120 e. The smallest absolute Gasteiger partial charge is 0.0421 e. The van der Waals surface area contributed by atoms with Crippen LogP contribution < -0.4 is 0 Å². The Hall–Kier alpha value is 0.290. The van der Waals surface area contributed by atoms with E-state index >= 15 is 0 Å². The van der Waals surface area contributed by atoms with Crippen LogP contribution in [0.3, 0.4) is 0 Å². The van der Waals surface area contributed by atoms with Crippen LogP contribution in [0.2, 0.25) is 0 Å². The molecule has 1 unspecified atom stereocenters. The van der Waals surface area contributed by atoms with Crippen molar-refractivity contribution in [3.63, 3.8) is 0 Å². The first kappa shape index (κ1) is 10.3. The molecule has 1 heteroatoms. The highest BCUT2D eigenvalue weighted by atomic mass is 35.5. The molecule has 0 aromatic rings. The number of rotatable bonds is 4. The fourth-order valence-electron chi connectivity index (χ4n) is 1.47. The Morgan fingerprint density at radius 3 is 2.20 bits per heavy atom. The van der Waals surface area contributed by atoms with Crippen LogP contribution in [0, 0.1) is 5.92 Å². The standard InChI is InChI=1S/C9H19Cl/c1-5-6-9(4,10)7-8(2)3/h8H,5-7H2,1-4H3. The molecule has 0 N–H and O–H groups in total. The van der Waals surface area contributed by atoms with Crippen molar-refractivity contribution in [3.05, 3.63) is 0 Å². The van der Waals surface area contributed by atoms with Crippen molar-refractivity contribution in [1.29, 1.82) is 0 Å². The number of halogens is 1. The first-order valence-electron chi connectivity index (χ1n) is 4.17. The van der Waals surface area contributed by atoms with Crippen LogP contribution in [-0.2, 0) is 0 Å². The van der Waals surface area contributed by atoms with Crippen LogP contribution in [0.4, 0.5) is 0 Å². The molecular weight excluding hydrogens is 144 g/mol. The fraction of sp³-hybridized carbons (Fsp3) is 1.00. The van der Waals surface area contributed by atoms with Crippen molar-refractivity contribution in [2.45, 2.75) is 51.8 Å². The zero-order valence-corrected chi connectivity index (χ0v) is 8.33. The molecule has 0 heterocycles. The Bertz CT molecular complexity index is 84.7. The summed E-state index contributed by atoms with van der Waals surface area (Å²) in [5, 5.41) is 0. The second-order valence-electron chi connectivity index (χ2n) is 3.76. The molecule has 0 spiro atoms. The van der Waals surface area contributed by atoms with Gasteiger partial charge in [0.15, 0.2) is 0 Å². The molecule has 0 aliphatic rings. The molecule has 0 aromatic heterocycles. The van der Waals surface area contributed by atoms with Gasteiger partial charge < -0.3 is 0 Å². The molecule has 1 atom stereocenters. The van der Waals surface area contributed by atoms with Gasteiger partial charge in [-0.2, -0.15) is 0 Å².